The third-order valence-corrected chi connectivity index (χ3v) is 4.25. The lowest BCUT2D eigenvalue weighted by molar-refractivity contribution is 0.294. The number of rotatable bonds is 7. The second-order valence-corrected chi connectivity index (χ2v) is 6.28. The van der Waals surface area contributed by atoms with Gasteiger partial charge in [0.25, 0.3) is 0 Å². The summed E-state index contributed by atoms with van der Waals surface area (Å²) in [6.45, 7) is 7.29. The molecule has 0 amide bonds. The van der Waals surface area contributed by atoms with E-state index in [0.29, 0.717) is 5.92 Å². The molecule has 0 bridgehead atoms. The fourth-order valence-electron chi connectivity index (χ4n) is 2.89. The van der Waals surface area contributed by atoms with E-state index in [2.05, 4.69) is 43.4 Å². The summed E-state index contributed by atoms with van der Waals surface area (Å²) in [5, 5.41) is 3.53. The number of hydrogen-bond acceptors (Lipinski definition) is 2. The van der Waals surface area contributed by atoms with Crippen molar-refractivity contribution < 1.29 is 4.74 Å². The summed E-state index contributed by atoms with van der Waals surface area (Å²) in [7, 11) is 0. The number of benzene rings is 1. The largest absolute Gasteiger partial charge is 0.492 e. The van der Waals surface area contributed by atoms with Crippen LogP contribution in [0.5, 0.6) is 5.75 Å². The number of nitrogens with one attached hydrogen (secondary N) is 1. The molecule has 1 N–H and O–H groups in total. The first-order valence-corrected chi connectivity index (χ1v) is 8.19. The van der Waals surface area contributed by atoms with Gasteiger partial charge in [-0.2, -0.15) is 0 Å². The van der Waals surface area contributed by atoms with Gasteiger partial charge in [-0.1, -0.05) is 45.2 Å². The monoisotopic (exact) mass is 275 g/mol. The Morgan fingerprint density at radius 2 is 1.80 bits per heavy atom. The summed E-state index contributed by atoms with van der Waals surface area (Å²) in [5.74, 6) is 2.46. The van der Waals surface area contributed by atoms with Crippen LogP contribution in [0.15, 0.2) is 24.3 Å². The van der Waals surface area contributed by atoms with Gasteiger partial charge >= 0.3 is 0 Å². The second kappa shape index (κ2) is 8.31. The Balaban J connectivity index is 1.58. The lowest BCUT2D eigenvalue weighted by Gasteiger charge is -2.21. The Bertz CT molecular complexity index is 366. The van der Waals surface area contributed by atoms with Crippen molar-refractivity contribution in [3.63, 3.8) is 0 Å². The van der Waals surface area contributed by atoms with Crippen LogP contribution in [0.1, 0.15) is 57.4 Å². The van der Waals surface area contributed by atoms with Crippen molar-refractivity contribution in [1.29, 1.82) is 0 Å². The van der Waals surface area contributed by atoms with E-state index in [1.807, 2.05) is 0 Å². The molecular formula is C18H29NO. The molecule has 1 aromatic rings. The van der Waals surface area contributed by atoms with Gasteiger partial charge < -0.3 is 10.1 Å². The molecule has 2 rings (SSSR count). The van der Waals surface area contributed by atoms with Crippen LogP contribution in [0.4, 0.5) is 0 Å². The summed E-state index contributed by atoms with van der Waals surface area (Å²) in [6, 6.07) is 8.48. The maximum Gasteiger partial charge on any atom is 0.119 e. The molecule has 0 aromatic heterocycles. The Morgan fingerprint density at radius 3 is 2.45 bits per heavy atom. The third kappa shape index (κ3) is 5.16. The molecule has 112 valence electrons. The average Bonchev–Trinajstić information content (AvgIpc) is 2.48. The van der Waals surface area contributed by atoms with Gasteiger partial charge in [-0.05, 0) is 48.9 Å². The van der Waals surface area contributed by atoms with Crippen LogP contribution in [0.2, 0.25) is 0 Å². The zero-order chi connectivity index (χ0) is 14.2. The molecule has 1 aromatic carbocycles. The quantitative estimate of drug-likeness (QED) is 0.747. The first-order chi connectivity index (χ1) is 9.75. The highest BCUT2D eigenvalue weighted by Gasteiger charge is 2.12. The summed E-state index contributed by atoms with van der Waals surface area (Å²) in [5.41, 5.74) is 1.37. The van der Waals surface area contributed by atoms with Crippen LogP contribution in [0.25, 0.3) is 0 Å². The van der Waals surface area contributed by atoms with Crippen LogP contribution in [-0.4, -0.2) is 19.7 Å². The van der Waals surface area contributed by atoms with Gasteiger partial charge in [-0.15, -0.1) is 0 Å². The van der Waals surface area contributed by atoms with Gasteiger partial charge in [0.1, 0.15) is 12.4 Å². The van der Waals surface area contributed by atoms with Gasteiger partial charge in [0.05, 0.1) is 0 Å². The van der Waals surface area contributed by atoms with Crippen LogP contribution >= 0.6 is 0 Å². The van der Waals surface area contributed by atoms with Crippen molar-refractivity contribution >= 4 is 0 Å². The van der Waals surface area contributed by atoms with Gasteiger partial charge in [0.15, 0.2) is 0 Å². The van der Waals surface area contributed by atoms with E-state index < -0.39 is 0 Å². The lowest BCUT2D eigenvalue weighted by atomic mass is 9.89. The molecule has 2 heteroatoms. The summed E-state index contributed by atoms with van der Waals surface area (Å²) < 4.78 is 5.77. The van der Waals surface area contributed by atoms with E-state index in [0.717, 1.165) is 31.4 Å². The van der Waals surface area contributed by atoms with Crippen molar-refractivity contribution in [2.24, 2.45) is 5.92 Å². The van der Waals surface area contributed by atoms with E-state index in [4.69, 9.17) is 4.74 Å². The van der Waals surface area contributed by atoms with Gasteiger partial charge in [-0.25, -0.2) is 0 Å². The third-order valence-electron chi connectivity index (χ3n) is 4.25. The number of ether oxygens (including phenoxy) is 1. The predicted octanol–water partition coefficient (Wildman–Crippen LogP) is 4.36. The van der Waals surface area contributed by atoms with Crippen LogP contribution in [0.3, 0.4) is 0 Å². The fourth-order valence-corrected chi connectivity index (χ4v) is 2.89. The molecule has 1 aliphatic carbocycles. The van der Waals surface area contributed by atoms with E-state index in [1.165, 1.54) is 37.7 Å². The topological polar surface area (TPSA) is 21.3 Å². The zero-order valence-electron chi connectivity index (χ0n) is 13.0. The molecule has 2 nitrogen and oxygen atoms in total. The van der Waals surface area contributed by atoms with E-state index in [-0.39, 0.29) is 0 Å². The summed E-state index contributed by atoms with van der Waals surface area (Å²) >= 11 is 0. The Labute approximate surface area is 123 Å². The molecule has 0 heterocycles. The Hall–Kier alpha value is -1.02. The maximum atomic E-state index is 5.77. The molecule has 0 aliphatic heterocycles. The minimum absolute atomic E-state index is 0.584. The Morgan fingerprint density at radius 1 is 1.10 bits per heavy atom. The second-order valence-electron chi connectivity index (χ2n) is 6.28. The normalized spacial score (nSPS) is 16.6. The highest BCUT2D eigenvalue weighted by molar-refractivity contribution is 5.28. The fraction of sp³-hybridized carbons (Fsp3) is 0.667. The zero-order valence-corrected chi connectivity index (χ0v) is 13.0. The average molecular weight is 275 g/mol. The molecule has 0 spiro atoms. The van der Waals surface area contributed by atoms with Crippen molar-refractivity contribution in [2.45, 2.75) is 51.9 Å². The first-order valence-electron chi connectivity index (χ1n) is 8.19. The minimum Gasteiger partial charge on any atom is -0.492 e. The standard InChI is InChI=1S/C18H29NO/c1-15(2)17-8-10-18(11-9-17)20-13-12-19-14-16-6-4-3-5-7-16/h8-11,15-16,19H,3-7,12-14H2,1-2H3. The lowest BCUT2D eigenvalue weighted by Crippen LogP contribution is -2.28. The predicted molar refractivity (Wildman–Crippen MR) is 85.5 cm³/mol. The first kappa shape index (κ1) is 15.4. The van der Waals surface area contributed by atoms with Crippen molar-refractivity contribution in [2.75, 3.05) is 19.7 Å². The summed E-state index contributed by atoms with van der Waals surface area (Å²) in [6.07, 6.45) is 7.09. The van der Waals surface area contributed by atoms with Gasteiger partial charge in [0, 0.05) is 6.54 Å². The number of hydrogen-bond donors (Lipinski definition) is 1. The van der Waals surface area contributed by atoms with Crippen LogP contribution < -0.4 is 10.1 Å². The minimum atomic E-state index is 0.584. The van der Waals surface area contributed by atoms with Gasteiger partial charge in [-0.3, -0.25) is 0 Å². The molecule has 0 saturated heterocycles. The molecule has 0 unspecified atom stereocenters. The molecule has 1 fully saturated rings. The molecular weight excluding hydrogens is 246 g/mol. The maximum absolute atomic E-state index is 5.77. The van der Waals surface area contributed by atoms with Crippen LogP contribution in [-0.2, 0) is 0 Å². The molecule has 1 aliphatic rings. The van der Waals surface area contributed by atoms with E-state index in [1.54, 1.807) is 0 Å². The van der Waals surface area contributed by atoms with E-state index in [9.17, 15) is 0 Å². The Kier molecular flexibility index (Phi) is 6.38. The molecule has 0 atom stereocenters. The highest BCUT2D eigenvalue weighted by atomic mass is 16.5. The van der Waals surface area contributed by atoms with Crippen molar-refractivity contribution in [1.82, 2.24) is 5.32 Å². The summed E-state index contributed by atoms with van der Waals surface area (Å²) in [4.78, 5) is 0. The van der Waals surface area contributed by atoms with Crippen molar-refractivity contribution in [3.05, 3.63) is 29.8 Å². The van der Waals surface area contributed by atoms with Crippen LogP contribution in [0, 0.1) is 5.92 Å². The molecule has 20 heavy (non-hydrogen) atoms. The molecule has 0 radical (unpaired) electrons. The van der Waals surface area contributed by atoms with E-state index >= 15 is 0 Å². The SMILES string of the molecule is CC(C)c1ccc(OCCNCC2CCCCC2)cc1. The van der Waals surface area contributed by atoms with Crippen molar-refractivity contribution in [3.8, 4) is 5.75 Å². The van der Waals surface area contributed by atoms with Gasteiger partial charge in [0.2, 0.25) is 0 Å². The molecule has 1 saturated carbocycles. The smallest absolute Gasteiger partial charge is 0.119 e. The highest BCUT2D eigenvalue weighted by Crippen LogP contribution is 2.22.